The molecule has 2 aromatic rings. The molecule has 4 heterocycles. The van der Waals surface area contributed by atoms with Crippen LogP contribution in [0.25, 0.3) is 0 Å². The second-order valence-corrected chi connectivity index (χ2v) is 10.6. The Morgan fingerprint density at radius 2 is 1.64 bits per heavy atom. The molecule has 5 rings (SSSR count). The summed E-state index contributed by atoms with van der Waals surface area (Å²) in [4.78, 5) is 29.1. The van der Waals surface area contributed by atoms with Crippen LogP contribution in [0.4, 0.5) is 22.2 Å². The van der Waals surface area contributed by atoms with Gasteiger partial charge < -0.3 is 20.4 Å². The normalized spacial score (nSPS) is 22.2. The molecular weight excluding hydrogens is 450 g/mol. The van der Waals surface area contributed by atoms with Gasteiger partial charge in [-0.3, -0.25) is 4.90 Å². The maximum atomic E-state index is 12.7. The second-order valence-electron chi connectivity index (χ2n) is 10.6. The highest BCUT2D eigenvalue weighted by Crippen LogP contribution is 2.24. The van der Waals surface area contributed by atoms with Crippen LogP contribution in [0.15, 0.2) is 36.5 Å². The van der Waals surface area contributed by atoms with Crippen molar-refractivity contribution in [2.45, 2.75) is 70.4 Å². The molecule has 1 aromatic heterocycles. The van der Waals surface area contributed by atoms with E-state index >= 15 is 0 Å². The Kier molecular flexibility index (Phi) is 8.21. The number of benzene rings is 1. The molecule has 3 aliphatic rings. The number of nitrogens with one attached hydrogen (secondary N) is 2. The third kappa shape index (κ3) is 6.46. The highest BCUT2D eigenvalue weighted by atomic mass is 16.2. The Labute approximate surface area is 215 Å². The fourth-order valence-corrected chi connectivity index (χ4v) is 5.81. The van der Waals surface area contributed by atoms with Gasteiger partial charge in [-0.1, -0.05) is 30.5 Å². The van der Waals surface area contributed by atoms with Crippen molar-refractivity contribution >= 4 is 23.5 Å². The van der Waals surface area contributed by atoms with Crippen molar-refractivity contribution in [3.8, 4) is 0 Å². The Bertz CT molecular complexity index is 982. The summed E-state index contributed by atoms with van der Waals surface area (Å²) in [6.07, 6.45) is 11.4. The first kappa shape index (κ1) is 24.8. The molecule has 1 atom stereocenters. The van der Waals surface area contributed by atoms with Crippen LogP contribution in [0.2, 0.25) is 0 Å². The van der Waals surface area contributed by atoms with Gasteiger partial charge in [-0.05, 0) is 70.2 Å². The van der Waals surface area contributed by atoms with Crippen molar-refractivity contribution < 1.29 is 4.79 Å². The minimum atomic E-state index is 0.0110. The lowest BCUT2D eigenvalue weighted by molar-refractivity contribution is 0.0997. The van der Waals surface area contributed by atoms with Gasteiger partial charge >= 0.3 is 6.03 Å². The molecule has 194 valence electrons. The molecule has 8 heteroatoms. The molecular formula is C28H41N7O. The highest BCUT2D eigenvalue weighted by molar-refractivity contribution is 5.89. The molecule has 36 heavy (non-hydrogen) atoms. The van der Waals surface area contributed by atoms with Gasteiger partial charge in [0.15, 0.2) is 0 Å². The molecule has 0 saturated carbocycles. The van der Waals surface area contributed by atoms with Crippen molar-refractivity contribution in [1.82, 2.24) is 19.8 Å². The summed E-state index contributed by atoms with van der Waals surface area (Å²) in [5.41, 5.74) is 2.06. The van der Waals surface area contributed by atoms with Crippen LogP contribution in [0, 0.1) is 6.92 Å². The van der Waals surface area contributed by atoms with E-state index in [0.717, 1.165) is 76.0 Å². The summed E-state index contributed by atoms with van der Waals surface area (Å²) >= 11 is 0. The van der Waals surface area contributed by atoms with Crippen molar-refractivity contribution in [3.05, 3.63) is 42.1 Å². The number of carbonyl (C=O) groups excluding carboxylic acids is 1. The van der Waals surface area contributed by atoms with Crippen molar-refractivity contribution in [1.29, 1.82) is 0 Å². The Hall–Kier alpha value is -2.87. The number of piperidine rings is 2. The van der Waals surface area contributed by atoms with Crippen LogP contribution in [0.1, 0.15) is 56.9 Å². The van der Waals surface area contributed by atoms with Crippen LogP contribution in [-0.2, 0) is 0 Å². The molecule has 0 aliphatic carbocycles. The first-order valence-electron chi connectivity index (χ1n) is 13.9. The number of rotatable bonds is 5. The van der Waals surface area contributed by atoms with Gasteiger partial charge in [-0.25, -0.2) is 9.78 Å². The topological polar surface area (TPSA) is 76.6 Å². The number of amides is 2. The molecule has 1 aromatic carbocycles. The number of hydrogen-bond donors (Lipinski definition) is 2. The SMILES string of the molecule is Cc1ccc(NC(=O)N2CCC(N3CCCC(Nc4nccc(N5CCCCCC5)n4)C3)CC2)cc1. The molecule has 3 saturated heterocycles. The standard InChI is InChI=1S/C28H41N7O/c1-22-8-10-23(11-9-22)31-28(36)34-19-13-25(14-20-34)35-18-6-7-24(21-35)30-27-29-15-12-26(32-27)33-16-4-2-3-5-17-33/h8-12,15,24-25H,2-7,13-14,16-21H2,1H3,(H,31,36)(H,29,30,32). The largest absolute Gasteiger partial charge is 0.356 e. The fraction of sp³-hybridized carbons (Fsp3) is 0.607. The van der Waals surface area contributed by atoms with Crippen LogP contribution >= 0.6 is 0 Å². The van der Waals surface area contributed by atoms with Crippen LogP contribution in [0.3, 0.4) is 0 Å². The van der Waals surface area contributed by atoms with E-state index in [1.54, 1.807) is 0 Å². The third-order valence-electron chi connectivity index (χ3n) is 7.93. The minimum absolute atomic E-state index is 0.0110. The summed E-state index contributed by atoms with van der Waals surface area (Å²) < 4.78 is 0. The molecule has 2 N–H and O–H groups in total. The van der Waals surface area contributed by atoms with E-state index in [2.05, 4.69) is 32.3 Å². The maximum Gasteiger partial charge on any atom is 0.321 e. The Morgan fingerprint density at radius 3 is 2.39 bits per heavy atom. The van der Waals surface area contributed by atoms with E-state index in [4.69, 9.17) is 4.98 Å². The van der Waals surface area contributed by atoms with E-state index in [1.807, 2.05) is 41.4 Å². The highest BCUT2D eigenvalue weighted by Gasteiger charge is 2.30. The number of urea groups is 1. The van der Waals surface area contributed by atoms with E-state index in [-0.39, 0.29) is 6.03 Å². The minimum Gasteiger partial charge on any atom is -0.356 e. The average Bonchev–Trinajstić information content (AvgIpc) is 3.20. The summed E-state index contributed by atoms with van der Waals surface area (Å²) in [5.74, 6) is 1.81. The fourth-order valence-electron chi connectivity index (χ4n) is 5.81. The first-order valence-corrected chi connectivity index (χ1v) is 13.9. The number of carbonyl (C=O) groups is 1. The second kappa shape index (κ2) is 11.9. The van der Waals surface area contributed by atoms with E-state index in [0.29, 0.717) is 12.1 Å². The van der Waals surface area contributed by atoms with Crippen LogP contribution in [0.5, 0.6) is 0 Å². The number of likely N-dealkylation sites (tertiary alicyclic amines) is 2. The van der Waals surface area contributed by atoms with Crippen molar-refractivity contribution in [2.75, 3.05) is 54.8 Å². The lowest BCUT2D eigenvalue weighted by Crippen LogP contribution is -2.52. The molecule has 8 nitrogen and oxygen atoms in total. The molecule has 1 unspecified atom stereocenters. The van der Waals surface area contributed by atoms with Crippen molar-refractivity contribution in [3.63, 3.8) is 0 Å². The third-order valence-corrected chi connectivity index (χ3v) is 7.93. The predicted molar refractivity (Wildman–Crippen MR) is 146 cm³/mol. The molecule has 2 amide bonds. The molecule has 3 fully saturated rings. The Morgan fingerprint density at radius 1 is 0.889 bits per heavy atom. The molecule has 0 spiro atoms. The molecule has 0 radical (unpaired) electrons. The van der Waals surface area contributed by atoms with Gasteiger partial charge in [-0.2, -0.15) is 4.98 Å². The summed E-state index contributed by atoms with van der Waals surface area (Å²) in [5, 5.41) is 6.68. The first-order chi connectivity index (χ1) is 17.6. The van der Waals surface area contributed by atoms with Gasteiger partial charge in [0.05, 0.1) is 0 Å². The zero-order valence-electron chi connectivity index (χ0n) is 21.7. The zero-order valence-corrected chi connectivity index (χ0v) is 21.7. The summed E-state index contributed by atoms with van der Waals surface area (Å²) in [7, 11) is 0. The van der Waals surface area contributed by atoms with Gasteiger partial charge in [-0.15, -0.1) is 0 Å². The smallest absolute Gasteiger partial charge is 0.321 e. The Balaban J connectivity index is 1.11. The monoisotopic (exact) mass is 491 g/mol. The predicted octanol–water partition coefficient (Wildman–Crippen LogP) is 4.74. The van der Waals surface area contributed by atoms with Gasteiger partial charge in [0.1, 0.15) is 5.82 Å². The van der Waals surface area contributed by atoms with Gasteiger partial charge in [0.2, 0.25) is 5.95 Å². The van der Waals surface area contributed by atoms with Crippen LogP contribution in [-0.4, -0.2) is 77.2 Å². The lowest BCUT2D eigenvalue weighted by Gasteiger charge is -2.42. The maximum absolute atomic E-state index is 12.7. The van der Waals surface area contributed by atoms with E-state index in [9.17, 15) is 4.79 Å². The molecule has 3 aliphatic heterocycles. The summed E-state index contributed by atoms with van der Waals surface area (Å²) in [6, 6.07) is 10.9. The number of aromatic nitrogens is 2. The number of nitrogens with zero attached hydrogens (tertiary/aromatic N) is 5. The van der Waals surface area contributed by atoms with Crippen molar-refractivity contribution in [2.24, 2.45) is 0 Å². The quantitative estimate of drug-likeness (QED) is 0.629. The molecule has 0 bridgehead atoms. The lowest BCUT2D eigenvalue weighted by atomic mass is 9.98. The van der Waals surface area contributed by atoms with Gasteiger partial charge in [0, 0.05) is 56.7 Å². The van der Waals surface area contributed by atoms with Crippen LogP contribution < -0.4 is 15.5 Å². The summed E-state index contributed by atoms with van der Waals surface area (Å²) in [6.45, 7) is 7.99. The zero-order chi connectivity index (χ0) is 24.7. The number of anilines is 3. The average molecular weight is 492 g/mol. The van der Waals surface area contributed by atoms with Gasteiger partial charge in [0.25, 0.3) is 0 Å². The number of hydrogen-bond acceptors (Lipinski definition) is 6. The van der Waals surface area contributed by atoms with E-state index in [1.165, 1.54) is 37.7 Å². The van der Waals surface area contributed by atoms with E-state index < -0.39 is 0 Å². The number of aryl methyl sites for hydroxylation is 1.